The van der Waals surface area contributed by atoms with Gasteiger partial charge in [-0.3, -0.25) is 10.2 Å². The number of benzene rings is 2. The lowest BCUT2D eigenvalue weighted by Gasteiger charge is -2.29. The predicted molar refractivity (Wildman–Crippen MR) is 81.6 cm³/mol. The van der Waals surface area contributed by atoms with Crippen LogP contribution < -0.4 is 5.43 Å². The van der Waals surface area contributed by atoms with Crippen molar-refractivity contribution in [1.29, 1.82) is 0 Å². The second-order valence-electron chi connectivity index (χ2n) is 5.67. The van der Waals surface area contributed by atoms with Gasteiger partial charge in [0.1, 0.15) is 6.04 Å². The van der Waals surface area contributed by atoms with E-state index in [1.807, 2.05) is 25.1 Å². The summed E-state index contributed by atoms with van der Waals surface area (Å²) in [6, 6.07) is 8.62. The molecule has 0 aromatic heterocycles. The second-order valence-corrected chi connectivity index (χ2v) is 5.67. The zero-order valence-electron chi connectivity index (χ0n) is 12.7. The highest BCUT2D eigenvalue weighted by atomic mass is 19.4. The fraction of sp³-hybridized carbons (Fsp3) is 0.353. The smallest absolute Gasteiger partial charge is 0.288 e. The van der Waals surface area contributed by atoms with Gasteiger partial charge in [0, 0.05) is 13.0 Å². The molecule has 1 aliphatic rings. The Morgan fingerprint density at radius 3 is 2.65 bits per heavy atom. The molecule has 0 saturated carbocycles. The molecule has 3 rings (SSSR count). The zero-order chi connectivity index (χ0) is 16.6. The number of hydrogen-bond acceptors (Lipinski definition) is 2. The molecule has 1 aliphatic heterocycles. The van der Waals surface area contributed by atoms with Crippen LogP contribution in [0.25, 0.3) is 10.8 Å². The molecule has 0 bridgehead atoms. The summed E-state index contributed by atoms with van der Waals surface area (Å²) in [7, 11) is 0. The van der Waals surface area contributed by atoms with Crippen molar-refractivity contribution in [2.24, 2.45) is 0 Å². The average Bonchev–Trinajstić information content (AvgIpc) is 2.91. The van der Waals surface area contributed by atoms with Crippen molar-refractivity contribution in [3.63, 3.8) is 0 Å². The van der Waals surface area contributed by atoms with Crippen LogP contribution in [0.4, 0.5) is 13.2 Å². The minimum atomic E-state index is -4.46. The molecule has 0 aliphatic carbocycles. The molecular weight excluding hydrogens is 305 g/mol. The highest BCUT2D eigenvalue weighted by Crippen LogP contribution is 2.39. The molecule has 1 unspecified atom stereocenters. The number of alkyl halides is 3. The number of carbonyl (C=O) groups excluding carboxylic acids is 1. The van der Waals surface area contributed by atoms with Crippen molar-refractivity contribution in [1.82, 2.24) is 10.4 Å². The van der Waals surface area contributed by atoms with Gasteiger partial charge in [0.05, 0.1) is 0 Å². The molecule has 1 amide bonds. The van der Waals surface area contributed by atoms with Gasteiger partial charge in [-0.15, -0.1) is 0 Å². The molecule has 1 saturated heterocycles. The quantitative estimate of drug-likeness (QED) is 0.933. The summed E-state index contributed by atoms with van der Waals surface area (Å²) >= 11 is 0. The number of nitrogens with one attached hydrogen (secondary N) is 1. The van der Waals surface area contributed by atoms with Gasteiger partial charge in [-0.2, -0.15) is 13.2 Å². The topological polar surface area (TPSA) is 32.3 Å². The minimum absolute atomic E-state index is 0.0516. The molecule has 2 aromatic rings. The number of fused-ring (bicyclic) bond motifs is 1. The van der Waals surface area contributed by atoms with Crippen LogP contribution in [0, 0.1) is 0 Å². The van der Waals surface area contributed by atoms with Crippen LogP contribution >= 0.6 is 0 Å². The van der Waals surface area contributed by atoms with Gasteiger partial charge < -0.3 is 0 Å². The number of nitrogens with zero attached hydrogens (tertiary/aromatic N) is 1. The molecule has 3 nitrogen and oxygen atoms in total. The molecule has 1 heterocycles. The van der Waals surface area contributed by atoms with Gasteiger partial charge in [-0.05, 0) is 34.4 Å². The summed E-state index contributed by atoms with van der Waals surface area (Å²) in [5.74, 6) is -0.381. The van der Waals surface area contributed by atoms with Crippen molar-refractivity contribution >= 4 is 16.7 Å². The SMILES string of the molecule is CCc1cccc2cc(C(N3CCC(=O)N3)C(F)(F)F)ccc12. The molecule has 1 atom stereocenters. The van der Waals surface area contributed by atoms with Crippen LogP contribution in [0.1, 0.15) is 30.5 Å². The third-order valence-corrected chi connectivity index (χ3v) is 4.16. The van der Waals surface area contributed by atoms with Gasteiger partial charge in [-0.25, -0.2) is 5.01 Å². The number of hydrogen-bond donors (Lipinski definition) is 1. The van der Waals surface area contributed by atoms with E-state index in [0.717, 1.165) is 27.8 Å². The predicted octanol–water partition coefficient (Wildman–Crippen LogP) is 3.74. The number of carbonyl (C=O) groups is 1. The summed E-state index contributed by atoms with van der Waals surface area (Å²) in [6.07, 6.45) is -3.56. The van der Waals surface area contributed by atoms with Gasteiger partial charge in [0.25, 0.3) is 0 Å². The highest BCUT2D eigenvalue weighted by Gasteiger charge is 2.46. The Morgan fingerprint density at radius 1 is 1.26 bits per heavy atom. The van der Waals surface area contributed by atoms with E-state index >= 15 is 0 Å². The van der Waals surface area contributed by atoms with Crippen molar-refractivity contribution in [2.45, 2.75) is 32.0 Å². The van der Waals surface area contributed by atoms with E-state index < -0.39 is 12.2 Å². The van der Waals surface area contributed by atoms with Crippen LogP contribution in [0.5, 0.6) is 0 Å². The Hall–Kier alpha value is -2.08. The zero-order valence-corrected chi connectivity index (χ0v) is 12.7. The van der Waals surface area contributed by atoms with E-state index in [1.165, 1.54) is 6.07 Å². The molecule has 6 heteroatoms. The summed E-state index contributed by atoms with van der Waals surface area (Å²) in [4.78, 5) is 11.3. The minimum Gasteiger partial charge on any atom is -0.288 e. The van der Waals surface area contributed by atoms with Crippen molar-refractivity contribution in [3.8, 4) is 0 Å². The number of halogens is 3. The fourth-order valence-electron chi connectivity index (χ4n) is 3.08. The molecule has 1 N–H and O–H groups in total. The van der Waals surface area contributed by atoms with Crippen LogP contribution in [-0.4, -0.2) is 23.6 Å². The summed E-state index contributed by atoms with van der Waals surface area (Å²) < 4.78 is 40.6. The monoisotopic (exact) mass is 322 g/mol. The molecule has 1 fully saturated rings. The average molecular weight is 322 g/mol. The Balaban J connectivity index is 2.06. The van der Waals surface area contributed by atoms with E-state index in [0.29, 0.717) is 0 Å². The largest absolute Gasteiger partial charge is 0.409 e. The third kappa shape index (κ3) is 3.03. The van der Waals surface area contributed by atoms with E-state index in [4.69, 9.17) is 0 Å². The Kier molecular flexibility index (Phi) is 4.02. The van der Waals surface area contributed by atoms with Gasteiger partial charge in [0.2, 0.25) is 5.91 Å². The van der Waals surface area contributed by atoms with Crippen molar-refractivity contribution in [2.75, 3.05) is 6.54 Å². The Labute approximate surface area is 132 Å². The van der Waals surface area contributed by atoms with Gasteiger partial charge in [-0.1, -0.05) is 37.3 Å². The molecule has 0 radical (unpaired) electrons. The molecule has 23 heavy (non-hydrogen) atoms. The summed E-state index contributed by atoms with van der Waals surface area (Å²) in [5.41, 5.74) is 3.55. The van der Waals surface area contributed by atoms with E-state index in [9.17, 15) is 18.0 Å². The third-order valence-electron chi connectivity index (χ3n) is 4.16. The number of amides is 1. The van der Waals surface area contributed by atoms with E-state index in [2.05, 4.69) is 5.43 Å². The van der Waals surface area contributed by atoms with Gasteiger partial charge >= 0.3 is 6.18 Å². The van der Waals surface area contributed by atoms with Crippen LogP contribution in [0.3, 0.4) is 0 Å². The Bertz CT molecular complexity index is 742. The van der Waals surface area contributed by atoms with Gasteiger partial charge in [0.15, 0.2) is 0 Å². The van der Waals surface area contributed by atoms with Crippen molar-refractivity contribution in [3.05, 3.63) is 47.5 Å². The second kappa shape index (κ2) is 5.85. The molecular formula is C17H17F3N2O. The first-order valence-electron chi connectivity index (χ1n) is 7.54. The van der Waals surface area contributed by atoms with Crippen LogP contribution in [0.2, 0.25) is 0 Å². The summed E-state index contributed by atoms with van der Waals surface area (Å²) in [6.45, 7) is 2.07. The maximum absolute atomic E-state index is 13.5. The van der Waals surface area contributed by atoms with Crippen molar-refractivity contribution < 1.29 is 18.0 Å². The number of aryl methyl sites for hydroxylation is 1. The molecule has 0 spiro atoms. The standard InChI is InChI=1S/C17H17F3N2O/c1-2-11-4-3-5-12-10-13(6-7-14(11)12)16(17(18,19)20)22-9-8-15(23)21-22/h3-7,10,16H,2,8-9H2,1H3,(H,21,23). The Morgan fingerprint density at radius 2 is 2.04 bits per heavy atom. The normalized spacial score (nSPS) is 17.5. The lowest BCUT2D eigenvalue weighted by atomic mass is 9.97. The lowest BCUT2D eigenvalue weighted by Crippen LogP contribution is -2.43. The number of hydrazine groups is 1. The first kappa shape index (κ1) is 15.8. The maximum Gasteiger partial charge on any atom is 0.409 e. The summed E-state index contributed by atoms with van der Waals surface area (Å²) in [5, 5.41) is 2.72. The molecule has 122 valence electrons. The fourth-order valence-corrected chi connectivity index (χ4v) is 3.08. The first-order valence-corrected chi connectivity index (χ1v) is 7.54. The number of rotatable bonds is 3. The first-order chi connectivity index (χ1) is 10.9. The highest BCUT2D eigenvalue weighted by molar-refractivity contribution is 5.86. The van der Waals surface area contributed by atoms with Crippen LogP contribution in [-0.2, 0) is 11.2 Å². The molecule has 2 aromatic carbocycles. The lowest BCUT2D eigenvalue weighted by molar-refractivity contribution is -0.191. The van der Waals surface area contributed by atoms with E-state index in [1.54, 1.807) is 12.1 Å². The van der Waals surface area contributed by atoms with E-state index in [-0.39, 0.29) is 24.4 Å². The van der Waals surface area contributed by atoms with Crippen LogP contribution in [0.15, 0.2) is 36.4 Å². The maximum atomic E-state index is 13.5.